The lowest BCUT2D eigenvalue weighted by Gasteiger charge is -2.28. The molecular formula is C17H27ClN2O2. The Labute approximate surface area is 139 Å². The highest BCUT2D eigenvalue weighted by Crippen LogP contribution is 2.29. The van der Waals surface area contributed by atoms with E-state index in [0.29, 0.717) is 24.6 Å². The van der Waals surface area contributed by atoms with Gasteiger partial charge in [0.05, 0.1) is 12.1 Å². The van der Waals surface area contributed by atoms with Crippen molar-refractivity contribution < 1.29 is 9.53 Å². The lowest BCUT2D eigenvalue weighted by atomic mass is 9.97. The van der Waals surface area contributed by atoms with Gasteiger partial charge >= 0.3 is 0 Å². The van der Waals surface area contributed by atoms with E-state index in [1.54, 1.807) is 6.07 Å². The first-order valence-corrected chi connectivity index (χ1v) is 7.80. The minimum absolute atomic E-state index is 0. The third-order valence-electron chi connectivity index (χ3n) is 4.01. The molecule has 124 valence electrons. The fourth-order valence-corrected chi connectivity index (χ4v) is 2.73. The number of carbonyl (C=O) groups is 1. The van der Waals surface area contributed by atoms with E-state index in [-0.39, 0.29) is 23.9 Å². The van der Waals surface area contributed by atoms with Gasteiger partial charge in [0.1, 0.15) is 5.75 Å². The van der Waals surface area contributed by atoms with Crippen LogP contribution in [-0.4, -0.2) is 24.6 Å². The molecule has 1 aliphatic carbocycles. The lowest BCUT2D eigenvalue weighted by molar-refractivity contribution is 0.0902. The predicted octanol–water partition coefficient (Wildman–Crippen LogP) is 3.14. The lowest BCUT2D eigenvalue weighted by Crippen LogP contribution is -2.51. The van der Waals surface area contributed by atoms with Gasteiger partial charge in [0.15, 0.2) is 0 Å². The number of hydrogen-bond donors (Lipinski definition) is 2. The van der Waals surface area contributed by atoms with Crippen LogP contribution in [0.2, 0.25) is 0 Å². The Morgan fingerprint density at radius 2 is 2.05 bits per heavy atom. The molecule has 1 fully saturated rings. The van der Waals surface area contributed by atoms with Gasteiger partial charge in [-0.2, -0.15) is 0 Å². The molecule has 0 bridgehead atoms. The van der Waals surface area contributed by atoms with Crippen LogP contribution >= 0.6 is 12.4 Å². The number of hydrogen-bond acceptors (Lipinski definition) is 3. The monoisotopic (exact) mass is 326 g/mol. The summed E-state index contributed by atoms with van der Waals surface area (Å²) in [6.45, 7) is 5.35. The Hall–Kier alpha value is -1.26. The van der Waals surface area contributed by atoms with Crippen molar-refractivity contribution in [2.75, 3.05) is 13.2 Å². The van der Waals surface area contributed by atoms with Crippen LogP contribution in [0.15, 0.2) is 24.3 Å². The maximum Gasteiger partial charge on any atom is 0.251 e. The SMILES string of the molecule is CC(C)COc1cccc(C(=O)NC2(CN)CCCC2)c1.Cl. The van der Waals surface area contributed by atoms with Gasteiger partial charge in [0.2, 0.25) is 0 Å². The summed E-state index contributed by atoms with van der Waals surface area (Å²) in [6.07, 6.45) is 4.21. The first-order valence-electron chi connectivity index (χ1n) is 7.80. The van der Waals surface area contributed by atoms with Gasteiger partial charge in [-0.15, -0.1) is 12.4 Å². The average molecular weight is 327 g/mol. The molecule has 22 heavy (non-hydrogen) atoms. The third-order valence-corrected chi connectivity index (χ3v) is 4.01. The van der Waals surface area contributed by atoms with Crippen molar-refractivity contribution in [3.63, 3.8) is 0 Å². The molecule has 1 aromatic rings. The van der Waals surface area contributed by atoms with Crippen LogP contribution in [0.4, 0.5) is 0 Å². The molecule has 5 heteroatoms. The van der Waals surface area contributed by atoms with Crippen LogP contribution in [0.3, 0.4) is 0 Å². The quantitative estimate of drug-likeness (QED) is 0.844. The highest BCUT2D eigenvalue weighted by Gasteiger charge is 2.34. The summed E-state index contributed by atoms with van der Waals surface area (Å²) in [4.78, 5) is 12.4. The Balaban J connectivity index is 0.00000242. The molecule has 0 spiro atoms. The maximum absolute atomic E-state index is 12.4. The number of ether oxygens (including phenoxy) is 1. The van der Waals surface area contributed by atoms with Crippen LogP contribution in [0, 0.1) is 5.92 Å². The van der Waals surface area contributed by atoms with Crippen LogP contribution in [-0.2, 0) is 0 Å². The molecular weight excluding hydrogens is 300 g/mol. The number of amides is 1. The van der Waals surface area contributed by atoms with Gasteiger partial charge in [0, 0.05) is 12.1 Å². The van der Waals surface area contributed by atoms with Crippen molar-refractivity contribution in [3.05, 3.63) is 29.8 Å². The Kier molecular flexibility index (Phi) is 7.17. The molecule has 3 N–H and O–H groups in total. The molecule has 0 saturated heterocycles. The summed E-state index contributed by atoms with van der Waals surface area (Å²) >= 11 is 0. The van der Waals surface area contributed by atoms with Crippen molar-refractivity contribution in [2.45, 2.75) is 45.1 Å². The average Bonchev–Trinajstić information content (AvgIpc) is 2.94. The largest absolute Gasteiger partial charge is 0.493 e. The summed E-state index contributed by atoms with van der Waals surface area (Å²) in [7, 11) is 0. The molecule has 0 atom stereocenters. The fraction of sp³-hybridized carbons (Fsp3) is 0.588. The smallest absolute Gasteiger partial charge is 0.251 e. The van der Waals surface area contributed by atoms with E-state index in [4.69, 9.17) is 10.5 Å². The molecule has 1 amide bonds. The zero-order valence-corrected chi connectivity index (χ0v) is 14.2. The summed E-state index contributed by atoms with van der Waals surface area (Å²) in [5, 5.41) is 3.13. The van der Waals surface area contributed by atoms with E-state index >= 15 is 0 Å². The Bertz CT molecular complexity index is 485. The highest BCUT2D eigenvalue weighted by atomic mass is 35.5. The van der Waals surface area contributed by atoms with Crippen LogP contribution < -0.4 is 15.8 Å². The molecule has 1 saturated carbocycles. The first-order chi connectivity index (χ1) is 10.0. The number of rotatable bonds is 6. The Morgan fingerprint density at radius 1 is 1.36 bits per heavy atom. The van der Waals surface area contributed by atoms with E-state index < -0.39 is 0 Å². The van der Waals surface area contributed by atoms with E-state index in [1.807, 2.05) is 18.2 Å². The number of nitrogens with two attached hydrogens (primary N) is 1. The van der Waals surface area contributed by atoms with Crippen LogP contribution in [0.25, 0.3) is 0 Å². The summed E-state index contributed by atoms with van der Waals surface area (Å²) in [5.74, 6) is 1.14. The predicted molar refractivity (Wildman–Crippen MR) is 91.7 cm³/mol. The van der Waals surface area contributed by atoms with E-state index in [0.717, 1.165) is 31.4 Å². The topological polar surface area (TPSA) is 64.3 Å². The van der Waals surface area contributed by atoms with Crippen molar-refractivity contribution in [3.8, 4) is 5.75 Å². The number of benzene rings is 1. The number of carbonyl (C=O) groups excluding carboxylic acids is 1. The third kappa shape index (κ3) is 4.89. The molecule has 1 aromatic carbocycles. The van der Waals surface area contributed by atoms with Crippen molar-refractivity contribution >= 4 is 18.3 Å². The zero-order valence-electron chi connectivity index (χ0n) is 13.4. The molecule has 4 nitrogen and oxygen atoms in total. The second-order valence-electron chi connectivity index (χ2n) is 6.38. The van der Waals surface area contributed by atoms with Gasteiger partial charge in [0.25, 0.3) is 5.91 Å². The van der Waals surface area contributed by atoms with Gasteiger partial charge in [-0.3, -0.25) is 4.79 Å². The van der Waals surface area contributed by atoms with E-state index in [9.17, 15) is 4.79 Å². The normalized spacial score (nSPS) is 16.2. The van der Waals surface area contributed by atoms with E-state index in [1.165, 1.54) is 0 Å². The van der Waals surface area contributed by atoms with Crippen LogP contribution in [0.1, 0.15) is 49.9 Å². The minimum Gasteiger partial charge on any atom is -0.493 e. The summed E-state index contributed by atoms with van der Waals surface area (Å²) in [5.41, 5.74) is 6.29. The maximum atomic E-state index is 12.4. The fourth-order valence-electron chi connectivity index (χ4n) is 2.73. The molecule has 0 heterocycles. The van der Waals surface area contributed by atoms with Crippen molar-refractivity contribution in [1.82, 2.24) is 5.32 Å². The molecule has 0 aliphatic heterocycles. The summed E-state index contributed by atoms with van der Waals surface area (Å²) < 4.78 is 5.68. The minimum atomic E-state index is -0.216. The molecule has 2 rings (SSSR count). The van der Waals surface area contributed by atoms with E-state index in [2.05, 4.69) is 19.2 Å². The van der Waals surface area contributed by atoms with Crippen LogP contribution in [0.5, 0.6) is 5.75 Å². The van der Waals surface area contributed by atoms with Crippen molar-refractivity contribution in [1.29, 1.82) is 0 Å². The van der Waals surface area contributed by atoms with Gasteiger partial charge < -0.3 is 15.8 Å². The van der Waals surface area contributed by atoms with Gasteiger partial charge in [-0.25, -0.2) is 0 Å². The zero-order chi connectivity index (χ0) is 15.3. The number of nitrogens with one attached hydrogen (secondary N) is 1. The first kappa shape index (κ1) is 18.8. The second kappa shape index (κ2) is 8.39. The standard InChI is InChI=1S/C17H26N2O2.ClH/c1-13(2)11-21-15-7-5-6-14(10-15)16(20)19-17(12-18)8-3-4-9-17;/h5-7,10,13H,3-4,8-9,11-12,18H2,1-2H3,(H,19,20);1H. The molecule has 0 aromatic heterocycles. The number of halogens is 1. The molecule has 0 unspecified atom stereocenters. The van der Waals surface area contributed by atoms with Gasteiger partial charge in [-0.05, 0) is 37.0 Å². The van der Waals surface area contributed by atoms with Crippen molar-refractivity contribution in [2.24, 2.45) is 11.7 Å². The molecule has 0 radical (unpaired) electrons. The van der Waals surface area contributed by atoms with Gasteiger partial charge in [-0.1, -0.05) is 32.8 Å². The highest BCUT2D eigenvalue weighted by molar-refractivity contribution is 5.95. The molecule has 1 aliphatic rings. The summed E-state index contributed by atoms with van der Waals surface area (Å²) in [6, 6.07) is 7.36. The Morgan fingerprint density at radius 3 is 2.64 bits per heavy atom. The second-order valence-corrected chi connectivity index (χ2v) is 6.38.